The molecule has 1 aromatic heterocycles. The molecular formula is C13H13ClN2O. The second kappa shape index (κ2) is 5.66. The Balaban J connectivity index is 2.20. The second-order valence-corrected chi connectivity index (χ2v) is 4.01. The number of methoxy groups -OCH3 is 1. The van der Waals surface area contributed by atoms with E-state index in [1.807, 2.05) is 30.3 Å². The normalized spacial score (nSPS) is 10.2. The number of anilines is 2. The maximum absolute atomic E-state index is 5.79. The number of halogens is 1. The Hall–Kier alpha value is -1.58. The highest BCUT2D eigenvalue weighted by Gasteiger charge is 2.02. The minimum Gasteiger partial charge on any atom is -0.380 e. The lowest BCUT2D eigenvalue weighted by molar-refractivity contribution is 0.185. The molecule has 0 aliphatic rings. The van der Waals surface area contributed by atoms with E-state index < -0.39 is 0 Å². The number of rotatable bonds is 4. The van der Waals surface area contributed by atoms with E-state index in [2.05, 4.69) is 10.3 Å². The van der Waals surface area contributed by atoms with Crippen molar-refractivity contribution in [1.29, 1.82) is 0 Å². The van der Waals surface area contributed by atoms with E-state index in [9.17, 15) is 0 Å². The molecule has 17 heavy (non-hydrogen) atoms. The van der Waals surface area contributed by atoms with Crippen molar-refractivity contribution in [3.63, 3.8) is 0 Å². The zero-order valence-electron chi connectivity index (χ0n) is 9.48. The molecule has 0 aliphatic carbocycles. The van der Waals surface area contributed by atoms with Gasteiger partial charge in [-0.15, -0.1) is 0 Å². The largest absolute Gasteiger partial charge is 0.380 e. The van der Waals surface area contributed by atoms with Crippen LogP contribution in [0.4, 0.5) is 11.5 Å². The topological polar surface area (TPSA) is 34.1 Å². The molecule has 4 heteroatoms. The first-order valence-electron chi connectivity index (χ1n) is 5.25. The van der Waals surface area contributed by atoms with Crippen LogP contribution in [0.5, 0.6) is 0 Å². The number of ether oxygens (including phenoxy) is 1. The summed E-state index contributed by atoms with van der Waals surface area (Å²) >= 11 is 5.79. The van der Waals surface area contributed by atoms with Crippen molar-refractivity contribution in [3.8, 4) is 0 Å². The van der Waals surface area contributed by atoms with Crippen molar-refractivity contribution in [2.45, 2.75) is 6.61 Å². The predicted octanol–water partition coefficient (Wildman–Crippen LogP) is 3.63. The highest BCUT2D eigenvalue weighted by Crippen LogP contribution is 2.20. The van der Waals surface area contributed by atoms with Crippen molar-refractivity contribution in [2.75, 3.05) is 12.4 Å². The minimum atomic E-state index is 0.566. The van der Waals surface area contributed by atoms with Crippen molar-refractivity contribution in [1.82, 2.24) is 4.98 Å². The molecule has 88 valence electrons. The van der Waals surface area contributed by atoms with Crippen molar-refractivity contribution < 1.29 is 4.74 Å². The molecule has 1 heterocycles. The predicted molar refractivity (Wildman–Crippen MR) is 69.7 cm³/mol. The van der Waals surface area contributed by atoms with Crippen LogP contribution >= 0.6 is 11.6 Å². The Morgan fingerprint density at radius 2 is 2.06 bits per heavy atom. The SMILES string of the molecule is COCc1ccccc1Nc1ccc(Cl)cn1. The highest BCUT2D eigenvalue weighted by atomic mass is 35.5. The van der Waals surface area contributed by atoms with Crippen molar-refractivity contribution in [2.24, 2.45) is 0 Å². The van der Waals surface area contributed by atoms with Gasteiger partial charge in [-0.25, -0.2) is 4.98 Å². The van der Waals surface area contributed by atoms with Gasteiger partial charge >= 0.3 is 0 Å². The molecule has 1 aromatic carbocycles. The van der Waals surface area contributed by atoms with Crippen molar-refractivity contribution in [3.05, 3.63) is 53.2 Å². The van der Waals surface area contributed by atoms with Gasteiger partial charge in [0.25, 0.3) is 0 Å². The van der Waals surface area contributed by atoms with Crippen LogP contribution in [0, 0.1) is 0 Å². The third kappa shape index (κ3) is 3.19. The van der Waals surface area contributed by atoms with Gasteiger partial charge in [0.1, 0.15) is 5.82 Å². The third-order valence-electron chi connectivity index (χ3n) is 2.31. The first-order valence-corrected chi connectivity index (χ1v) is 5.63. The standard InChI is InChI=1S/C13H13ClN2O/c1-17-9-10-4-2-3-5-12(10)16-13-7-6-11(14)8-15-13/h2-8H,9H2,1H3,(H,15,16). The first-order chi connectivity index (χ1) is 8.29. The average Bonchev–Trinajstić information content (AvgIpc) is 2.35. The molecule has 0 fully saturated rings. The van der Waals surface area contributed by atoms with Crippen LogP contribution in [-0.4, -0.2) is 12.1 Å². The summed E-state index contributed by atoms with van der Waals surface area (Å²) in [6, 6.07) is 11.6. The molecule has 0 spiro atoms. The Morgan fingerprint density at radius 3 is 2.76 bits per heavy atom. The molecule has 0 unspecified atom stereocenters. The second-order valence-electron chi connectivity index (χ2n) is 3.58. The number of pyridine rings is 1. The Labute approximate surface area is 105 Å². The van der Waals surface area contributed by atoms with E-state index in [0.29, 0.717) is 11.6 Å². The van der Waals surface area contributed by atoms with Gasteiger partial charge in [-0.05, 0) is 18.2 Å². The lowest BCUT2D eigenvalue weighted by Gasteiger charge is -2.10. The van der Waals surface area contributed by atoms with Gasteiger partial charge in [0.05, 0.1) is 11.6 Å². The monoisotopic (exact) mass is 248 g/mol. The van der Waals surface area contributed by atoms with E-state index in [4.69, 9.17) is 16.3 Å². The first kappa shape index (κ1) is 11.9. The van der Waals surface area contributed by atoms with Crippen LogP contribution < -0.4 is 5.32 Å². The van der Waals surface area contributed by atoms with Gasteiger partial charge in [-0.3, -0.25) is 0 Å². The summed E-state index contributed by atoms with van der Waals surface area (Å²) < 4.78 is 5.14. The molecule has 0 radical (unpaired) electrons. The van der Waals surface area contributed by atoms with Crippen LogP contribution in [-0.2, 0) is 11.3 Å². The fourth-order valence-electron chi connectivity index (χ4n) is 1.51. The van der Waals surface area contributed by atoms with Crippen LogP contribution in [0.2, 0.25) is 5.02 Å². The third-order valence-corrected chi connectivity index (χ3v) is 2.53. The number of para-hydroxylation sites is 1. The summed E-state index contributed by atoms with van der Waals surface area (Å²) in [4.78, 5) is 4.19. The summed E-state index contributed by atoms with van der Waals surface area (Å²) in [6.07, 6.45) is 1.61. The Kier molecular flexibility index (Phi) is 3.96. The van der Waals surface area contributed by atoms with Crippen LogP contribution in [0.15, 0.2) is 42.6 Å². The summed E-state index contributed by atoms with van der Waals surface area (Å²) in [6.45, 7) is 0.566. The number of benzene rings is 1. The Morgan fingerprint density at radius 1 is 1.24 bits per heavy atom. The van der Waals surface area contributed by atoms with Gasteiger partial charge in [0.2, 0.25) is 0 Å². The van der Waals surface area contributed by atoms with Gasteiger partial charge in [0, 0.05) is 24.6 Å². The van der Waals surface area contributed by atoms with Crippen LogP contribution in [0.1, 0.15) is 5.56 Å². The van der Waals surface area contributed by atoms with Crippen LogP contribution in [0.25, 0.3) is 0 Å². The van der Waals surface area contributed by atoms with E-state index in [-0.39, 0.29) is 0 Å². The number of nitrogens with zero attached hydrogens (tertiary/aromatic N) is 1. The van der Waals surface area contributed by atoms with Gasteiger partial charge in [0.15, 0.2) is 0 Å². The average molecular weight is 249 g/mol. The molecule has 0 atom stereocenters. The summed E-state index contributed by atoms with van der Waals surface area (Å²) in [5.74, 6) is 0.762. The molecule has 3 nitrogen and oxygen atoms in total. The molecule has 0 saturated carbocycles. The number of nitrogens with one attached hydrogen (secondary N) is 1. The zero-order valence-corrected chi connectivity index (χ0v) is 10.2. The van der Waals surface area contributed by atoms with E-state index in [1.165, 1.54) is 0 Å². The van der Waals surface area contributed by atoms with E-state index in [0.717, 1.165) is 17.1 Å². The maximum atomic E-state index is 5.79. The van der Waals surface area contributed by atoms with Crippen LogP contribution in [0.3, 0.4) is 0 Å². The molecule has 2 aromatic rings. The molecule has 1 N–H and O–H groups in total. The Bertz CT molecular complexity index is 485. The molecular weight excluding hydrogens is 236 g/mol. The highest BCUT2D eigenvalue weighted by molar-refractivity contribution is 6.30. The molecule has 0 amide bonds. The minimum absolute atomic E-state index is 0.566. The number of aromatic nitrogens is 1. The van der Waals surface area contributed by atoms with E-state index in [1.54, 1.807) is 19.4 Å². The lowest BCUT2D eigenvalue weighted by atomic mass is 10.2. The van der Waals surface area contributed by atoms with Crippen molar-refractivity contribution >= 4 is 23.1 Å². The fourth-order valence-corrected chi connectivity index (χ4v) is 1.62. The summed E-state index contributed by atoms with van der Waals surface area (Å²) in [5.41, 5.74) is 2.08. The quantitative estimate of drug-likeness (QED) is 0.897. The van der Waals surface area contributed by atoms with Gasteiger partial charge in [-0.1, -0.05) is 29.8 Å². The van der Waals surface area contributed by atoms with Gasteiger partial charge < -0.3 is 10.1 Å². The maximum Gasteiger partial charge on any atom is 0.130 e. The molecule has 0 saturated heterocycles. The van der Waals surface area contributed by atoms with Gasteiger partial charge in [-0.2, -0.15) is 0 Å². The zero-order chi connectivity index (χ0) is 12.1. The smallest absolute Gasteiger partial charge is 0.130 e. The number of hydrogen-bond donors (Lipinski definition) is 1. The lowest BCUT2D eigenvalue weighted by Crippen LogP contribution is -1.98. The molecule has 0 bridgehead atoms. The fraction of sp³-hybridized carbons (Fsp3) is 0.154. The number of hydrogen-bond acceptors (Lipinski definition) is 3. The molecule has 0 aliphatic heterocycles. The summed E-state index contributed by atoms with van der Waals surface area (Å²) in [5, 5.41) is 3.86. The summed E-state index contributed by atoms with van der Waals surface area (Å²) in [7, 11) is 1.68. The molecule has 2 rings (SSSR count). The van der Waals surface area contributed by atoms with E-state index >= 15 is 0 Å².